The number of benzene rings is 1. The summed E-state index contributed by atoms with van der Waals surface area (Å²) in [5.74, 6) is -1.30. The molecule has 0 atom stereocenters. The molecule has 0 aliphatic carbocycles. The summed E-state index contributed by atoms with van der Waals surface area (Å²) >= 11 is 0. The standard InChI is InChI=1S/C12H16N2O5/c1-2-19-7-6-13-8-9-4-3-5-10(14(17)18)11(9)12(15)16/h3-5,13H,2,6-8H2,1H3,(H,15,16). The number of rotatable bonds is 8. The van der Waals surface area contributed by atoms with Crippen LogP contribution in [0.3, 0.4) is 0 Å². The van der Waals surface area contributed by atoms with Crippen LogP contribution < -0.4 is 5.32 Å². The highest BCUT2D eigenvalue weighted by molar-refractivity contribution is 5.94. The lowest BCUT2D eigenvalue weighted by Gasteiger charge is -2.08. The van der Waals surface area contributed by atoms with Gasteiger partial charge in [0.25, 0.3) is 5.69 Å². The van der Waals surface area contributed by atoms with Gasteiger partial charge < -0.3 is 15.2 Å². The molecule has 104 valence electrons. The van der Waals surface area contributed by atoms with Crippen molar-refractivity contribution in [2.24, 2.45) is 0 Å². The number of hydrogen-bond acceptors (Lipinski definition) is 5. The van der Waals surface area contributed by atoms with Crippen molar-refractivity contribution >= 4 is 11.7 Å². The lowest BCUT2D eigenvalue weighted by molar-refractivity contribution is -0.385. The third-order valence-electron chi connectivity index (χ3n) is 2.48. The van der Waals surface area contributed by atoms with Crippen LogP contribution in [0.2, 0.25) is 0 Å². The molecule has 0 radical (unpaired) electrons. The summed E-state index contributed by atoms with van der Waals surface area (Å²) in [7, 11) is 0. The molecule has 0 saturated heterocycles. The third kappa shape index (κ3) is 4.31. The smallest absolute Gasteiger partial charge is 0.343 e. The van der Waals surface area contributed by atoms with Crippen molar-refractivity contribution < 1.29 is 19.6 Å². The second kappa shape index (κ2) is 7.45. The topological polar surface area (TPSA) is 102 Å². The quantitative estimate of drug-likeness (QED) is 0.420. The van der Waals surface area contributed by atoms with Crippen LogP contribution in [0.5, 0.6) is 0 Å². The first-order valence-corrected chi connectivity index (χ1v) is 5.86. The van der Waals surface area contributed by atoms with Crippen LogP contribution in [0.25, 0.3) is 0 Å². The molecule has 19 heavy (non-hydrogen) atoms. The second-order valence-electron chi connectivity index (χ2n) is 3.75. The van der Waals surface area contributed by atoms with E-state index in [1.807, 2.05) is 6.92 Å². The first-order valence-electron chi connectivity index (χ1n) is 5.86. The minimum absolute atomic E-state index is 0.246. The van der Waals surface area contributed by atoms with E-state index >= 15 is 0 Å². The fourth-order valence-corrected chi connectivity index (χ4v) is 1.64. The van der Waals surface area contributed by atoms with Crippen molar-refractivity contribution in [2.75, 3.05) is 19.8 Å². The van der Waals surface area contributed by atoms with Crippen LogP contribution in [0.15, 0.2) is 18.2 Å². The van der Waals surface area contributed by atoms with Crippen LogP contribution in [0.4, 0.5) is 5.69 Å². The van der Waals surface area contributed by atoms with Gasteiger partial charge in [-0.05, 0) is 12.5 Å². The predicted octanol–water partition coefficient (Wildman–Crippen LogP) is 1.42. The van der Waals surface area contributed by atoms with Gasteiger partial charge in [-0.15, -0.1) is 0 Å². The van der Waals surface area contributed by atoms with Crippen LogP contribution in [-0.4, -0.2) is 35.8 Å². The zero-order valence-corrected chi connectivity index (χ0v) is 10.6. The summed E-state index contributed by atoms with van der Waals surface area (Å²) in [6, 6.07) is 4.22. The first kappa shape index (κ1) is 15.1. The molecule has 7 nitrogen and oxygen atoms in total. The molecule has 0 unspecified atom stereocenters. The predicted molar refractivity (Wildman–Crippen MR) is 68.3 cm³/mol. The summed E-state index contributed by atoms with van der Waals surface area (Å²) in [5, 5.41) is 22.9. The molecule has 0 spiro atoms. The van der Waals surface area contributed by atoms with Crippen LogP contribution in [0, 0.1) is 10.1 Å². The molecule has 0 bridgehead atoms. The summed E-state index contributed by atoms with van der Waals surface area (Å²) in [5.41, 5.74) is -0.272. The van der Waals surface area contributed by atoms with Crippen molar-refractivity contribution in [3.8, 4) is 0 Å². The van der Waals surface area contributed by atoms with E-state index in [1.165, 1.54) is 12.1 Å². The van der Waals surface area contributed by atoms with Gasteiger partial charge in [-0.25, -0.2) is 4.79 Å². The maximum absolute atomic E-state index is 11.1. The van der Waals surface area contributed by atoms with E-state index in [-0.39, 0.29) is 12.1 Å². The van der Waals surface area contributed by atoms with Gasteiger partial charge in [0.1, 0.15) is 5.56 Å². The molecule has 7 heteroatoms. The minimum Gasteiger partial charge on any atom is -0.477 e. The Morgan fingerprint density at radius 3 is 2.84 bits per heavy atom. The molecule has 0 aromatic heterocycles. The SMILES string of the molecule is CCOCCNCc1cccc([N+](=O)[O-])c1C(=O)O. The van der Waals surface area contributed by atoms with Gasteiger partial charge in [-0.1, -0.05) is 12.1 Å². The number of carbonyl (C=O) groups is 1. The minimum atomic E-state index is -1.30. The van der Waals surface area contributed by atoms with E-state index in [2.05, 4.69) is 5.32 Å². The highest BCUT2D eigenvalue weighted by Gasteiger charge is 2.22. The van der Waals surface area contributed by atoms with Crippen LogP contribution >= 0.6 is 0 Å². The first-order chi connectivity index (χ1) is 9.07. The van der Waals surface area contributed by atoms with E-state index in [0.29, 0.717) is 25.3 Å². The lowest BCUT2D eigenvalue weighted by atomic mass is 10.1. The molecule has 1 aromatic rings. The lowest BCUT2D eigenvalue weighted by Crippen LogP contribution is -2.21. The number of nitrogens with one attached hydrogen (secondary N) is 1. The molecule has 0 aliphatic heterocycles. The van der Waals surface area contributed by atoms with Crippen molar-refractivity contribution in [2.45, 2.75) is 13.5 Å². The zero-order chi connectivity index (χ0) is 14.3. The largest absolute Gasteiger partial charge is 0.477 e. The molecule has 2 N–H and O–H groups in total. The van der Waals surface area contributed by atoms with E-state index < -0.39 is 16.6 Å². The molecule has 0 aliphatic rings. The highest BCUT2D eigenvalue weighted by Crippen LogP contribution is 2.22. The Labute approximate surface area is 110 Å². The van der Waals surface area contributed by atoms with E-state index in [9.17, 15) is 14.9 Å². The summed E-state index contributed by atoms with van der Waals surface area (Å²) in [6.45, 7) is 3.79. The normalized spacial score (nSPS) is 10.4. The maximum Gasteiger partial charge on any atom is 0.343 e. The number of nitro benzene ring substituents is 1. The number of hydrogen-bond donors (Lipinski definition) is 2. The number of nitrogens with zero attached hydrogens (tertiary/aromatic N) is 1. The number of carboxylic acids is 1. The summed E-state index contributed by atoms with van der Waals surface area (Å²) < 4.78 is 5.12. The fourth-order valence-electron chi connectivity index (χ4n) is 1.64. The monoisotopic (exact) mass is 268 g/mol. The van der Waals surface area contributed by atoms with Gasteiger partial charge in [0.05, 0.1) is 11.5 Å². The molecular formula is C12H16N2O5. The van der Waals surface area contributed by atoms with Crippen molar-refractivity contribution in [1.29, 1.82) is 0 Å². The molecule has 1 rings (SSSR count). The molecular weight excluding hydrogens is 252 g/mol. The van der Waals surface area contributed by atoms with E-state index in [4.69, 9.17) is 9.84 Å². The van der Waals surface area contributed by atoms with Crippen molar-refractivity contribution in [3.63, 3.8) is 0 Å². The average Bonchev–Trinajstić information content (AvgIpc) is 2.37. The van der Waals surface area contributed by atoms with Crippen LogP contribution in [0.1, 0.15) is 22.8 Å². The summed E-state index contributed by atoms with van der Waals surface area (Å²) in [6.07, 6.45) is 0. The van der Waals surface area contributed by atoms with Gasteiger partial charge >= 0.3 is 5.97 Å². The van der Waals surface area contributed by atoms with Crippen molar-refractivity contribution in [1.82, 2.24) is 5.32 Å². The molecule has 1 aromatic carbocycles. The highest BCUT2D eigenvalue weighted by atomic mass is 16.6. The summed E-state index contributed by atoms with van der Waals surface area (Å²) in [4.78, 5) is 21.2. The molecule has 0 heterocycles. The van der Waals surface area contributed by atoms with E-state index in [0.717, 1.165) is 0 Å². The Kier molecular flexibility index (Phi) is 5.91. The number of ether oxygens (including phenoxy) is 1. The van der Waals surface area contributed by atoms with Gasteiger partial charge in [0, 0.05) is 25.8 Å². The van der Waals surface area contributed by atoms with Gasteiger partial charge in [0.15, 0.2) is 0 Å². The third-order valence-corrected chi connectivity index (χ3v) is 2.48. The molecule has 0 saturated carbocycles. The van der Waals surface area contributed by atoms with Gasteiger partial charge in [0.2, 0.25) is 0 Å². The Balaban J connectivity index is 2.80. The Bertz CT molecular complexity index is 461. The number of aromatic carboxylic acids is 1. The van der Waals surface area contributed by atoms with E-state index in [1.54, 1.807) is 6.07 Å². The van der Waals surface area contributed by atoms with Gasteiger partial charge in [-0.3, -0.25) is 10.1 Å². The number of carboxylic acid groups (broad SMARTS) is 1. The fraction of sp³-hybridized carbons (Fsp3) is 0.417. The Morgan fingerprint density at radius 2 is 2.26 bits per heavy atom. The van der Waals surface area contributed by atoms with Crippen LogP contribution in [-0.2, 0) is 11.3 Å². The van der Waals surface area contributed by atoms with Crippen molar-refractivity contribution in [3.05, 3.63) is 39.4 Å². The Morgan fingerprint density at radius 1 is 1.53 bits per heavy atom. The maximum atomic E-state index is 11.1. The second-order valence-corrected chi connectivity index (χ2v) is 3.75. The Hall–Kier alpha value is -1.99. The number of nitro groups is 1. The zero-order valence-electron chi connectivity index (χ0n) is 10.6. The molecule has 0 amide bonds. The molecule has 0 fully saturated rings. The van der Waals surface area contributed by atoms with Gasteiger partial charge in [-0.2, -0.15) is 0 Å². The average molecular weight is 268 g/mol.